The van der Waals surface area contributed by atoms with Crippen molar-refractivity contribution in [3.8, 4) is 29.0 Å². The third-order valence-corrected chi connectivity index (χ3v) is 6.04. The Morgan fingerprint density at radius 1 is 1.07 bits per heavy atom. The van der Waals surface area contributed by atoms with Crippen molar-refractivity contribution in [1.29, 1.82) is 10.5 Å². The van der Waals surface area contributed by atoms with Gasteiger partial charge in [-0.05, 0) is 17.7 Å². The number of aromatic nitrogens is 1. The van der Waals surface area contributed by atoms with Crippen LogP contribution in [0.3, 0.4) is 0 Å². The maximum absolute atomic E-state index is 9.80. The monoisotopic (exact) mass is 413 g/mol. The molecule has 6 nitrogen and oxygen atoms in total. The largest absolute Gasteiger partial charge is 0.486 e. The number of hydrogen-bond acceptors (Lipinski definition) is 7. The summed E-state index contributed by atoms with van der Waals surface area (Å²) in [5.41, 5.74) is 1.81. The van der Waals surface area contributed by atoms with Gasteiger partial charge in [-0.15, -0.1) is 11.8 Å². The molecular weight excluding hydrogens is 398 g/mol. The van der Waals surface area contributed by atoms with E-state index in [0.717, 1.165) is 24.5 Å². The van der Waals surface area contributed by atoms with E-state index in [1.807, 2.05) is 24.3 Å². The average molecular weight is 414 g/mol. The maximum atomic E-state index is 9.80. The van der Waals surface area contributed by atoms with Crippen LogP contribution in [0.1, 0.15) is 11.1 Å². The van der Waals surface area contributed by atoms with Gasteiger partial charge in [0.15, 0.2) is 0 Å². The molecule has 142 valence electrons. The van der Waals surface area contributed by atoms with Gasteiger partial charge >= 0.3 is 0 Å². The Morgan fingerprint density at radius 2 is 1.75 bits per heavy atom. The van der Waals surface area contributed by atoms with Crippen molar-refractivity contribution >= 4 is 23.4 Å². The van der Waals surface area contributed by atoms with Gasteiger partial charge in [-0.25, -0.2) is 4.98 Å². The Kier molecular flexibility index (Phi) is 5.70. The minimum absolute atomic E-state index is 0.0732. The molecule has 0 atom stereocenters. The SMILES string of the molecule is N#Cc1c(Cl)nc(SCC2COC2)c(C#N)c1-c1ccc(OC2COC2)cc1. The van der Waals surface area contributed by atoms with E-state index < -0.39 is 0 Å². The fourth-order valence-electron chi connectivity index (χ4n) is 2.89. The number of pyridine rings is 1. The summed E-state index contributed by atoms with van der Waals surface area (Å²) in [6.07, 6.45) is 0.0732. The minimum atomic E-state index is 0.0732. The molecule has 3 heterocycles. The number of halogens is 1. The Morgan fingerprint density at radius 3 is 2.29 bits per heavy atom. The third-order valence-electron chi connectivity index (χ3n) is 4.56. The summed E-state index contributed by atoms with van der Waals surface area (Å²) in [5.74, 6) is 1.96. The molecule has 0 radical (unpaired) electrons. The van der Waals surface area contributed by atoms with Gasteiger partial charge in [-0.3, -0.25) is 0 Å². The number of nitrogens with zero attached hydrogens (tertiary/aromatic N) is 3. The molecule has 2 aliphatic rings. The lowest BCUT2D eigenvalue weighted by atomic mass is 9.97. The number of benzene rings is 1. The predicted octanol–water partition coefficient (Wildman–Crippen LogP) is 3.66. The van der Waals surface area contributed by atoms with Crippen LogP contribution in [-0.2, 0) is 9.47 Å². The van der Waals surface area contributed by atoms with Crippen molar-refractivity contribution in [3.05, 3.63) is 40.5 Å². The van der Waals surface area contributed by atoms with Gasteiger partial charge in [0.1, 0.15) is 34.2 Å². The van der Waals surface area contributed by atoms with Crippen molar-refractivity contribution in [2.24, 2.45) is 5.92 Å². The summed E-state index contributed by atoms with van der Waals surface area (Å²) in [6, 6.07) is 11.6. The van der Waals surface area contributed by atoms with Crippen LogP contribution in [0.5, 0.6) is 5.75 Å². The lowest BCUT2D eigenvalue weighted by molar-refractivity contribution is -0.0796. The smallest absolute Gasteiger partial charge is 0.148 e. The van der Waals surface area contributed by atoms with Crippen molar-refractivity contribution in [3.63, 3.8) is 0 Å². The van der Waals surface area contributed by atoms with Crippen LogP contribution < -0.4 is 4.74 Å². The van der Waals surface area contributed by atoms with Crippen molar-refractivity contribution in [2.45, 2.75) is 11.1 Å². The number of ether oxygens (including phenoxy) is 3. The van der Waals surface area contributed by atoms with Gasteiger partial charge in [0.25, 0.3) is 0 Å². The van der Waals surface area contributed by atoms with Crippen LogP contribution >= 0.6 is 23.4 Å². The fourth-order valence-corrected chi connectivity index (χ4v) is 4.19. The van der Waals surface area contributed by atoms with Crippen LogP contribution in [0.4, 0.5) is 0 Å². The summed E-state index contributed by atoms with van der Waals surface area (Å²) in [7, 11) is 0. The van der Waals surface area contributed by atoms with E-state index in [1.54, 1.807) is 0 Å². The van der Waals surface area contributed by atoms with Crippen molar-refractivity contribution in [2.75, 3.05) is 32.2 Å². The molecule has 8 heteroatoms. The average Bonchev–Trinajstić information content (AvgIpc) is 2.63. The van der Waals surface area contributed by atoms with Crippen LogP contribution in [0.15, 0.2) is 29.3 Å². The molecule has 0 N–H and O–H groups in total. The van der Waals surface area contributed by atoms with E-state index in [9.17, 15) is 10.5 Å². The van der Waals surface area contributed by atoms with Crippen molar-refractivity contribution < 1.29 is 14.2 Å². The molecule has 0 bridgehead atoms. The lowest BCUT2D eigenvalue weighted by Gasteiger charge is -2.26. The second kappa shape index (κ2) is 8.38. The van der Waals surface area contributed by atoms with Crippen molar-refractivity contribution in [1.82, 2.24) is 4.98 Å². The Hall–Kier alpha value is -2.29. The molecule has 2 fully saturated rings. The molecule has 1 aromatic carbocycles. The summed E-state index contributed by atoms with van der Waals surface area (Å²) in [4.78, 5) is 4.31. The zero-order valence-corrected chi connectivity index (χ0v) is 16.4. The molecule has 28 heavy (non-hydrogen) atoms. The predicted molar refractivity (Wildman–Crippen MR) is 104 cm³/mol. The summed E-state index contributed by atoms with van der Waals surface area (Å²) in [5, 5.41) is 20.1. The van der Waals surface area contributed by atoms with Gasteiger partial charge < -0.3 is 14.2 Å². The molecule has 2 aromatic rings. The van der Waals surface area contributed by atoms with Gasteiger partial charge in [-0.2, -0.15) is 10.5 Å². The fraction of sp³-hybridized carbons (Fsp3) is 0.350. The number of hydrogen-bond donors (Lipinski definition) is 0. The molecule has 0 saturated carbocycles. The first-order valence-electron chi connectivity index (χ1n) is 8.78. The molecule has 0 amide bonds. The highest BCUT2D eigenvalue weighted by atomic mass is 35.5. The maximum Gasteiger partial charge on any atom is 0.148 e. The zero-order valence-electron chi connectivity index (χ0n) is 14.9. The van der Waals surface area contributed by atoms with Crippen LogP contribution in [0, 0.1) is 28.6 Å². The van der Waals surface area contributed by atoms with E-state index in [1.165, 1.54) is 11.8 Å². The first-order chi connectivity index (χ1) is 13.7. The molecular formula is C20H16ClN3O3S. The van der Waals surface area contributed by atoms with E-state index >= 15 is 0 Å². The first-order valence-corrected chi connectivity index (χ1v) is 10.1. The van der Waals surface area contributed by atoms with Gasteiger partial charge in [0.05, 0.1) is 37.6 Å². The quantitative estimate of drug-likeness (QED) is 0.527. The third kappa shape index (κ3) is 3.80. The van der Waals surface area contributed by atoms with Gasteiger partial charge in [-0.1, -0.05) is 23.7 Å². The van der Waals surface area contributed by atoms with Crippen LogP contribution in [-0.4, -0.2) is 43.3 Å². The number of nitriles is 2. The molecule has 0 unspecified atom stereocenters. The van der Waals surface area contributed by atoms with Crippen LogP contribution in [0.25, 0.3) is 11.1 Å². The molecule has 0 spiro atoms. The summed E-state index contributed by atoms with van der Waals surface area (Å²) >= 11 is 7.76. The summed E-state index contributed by atoms with van der Waals surface area (Å²) in [6.45, 7) is 2.62. The summed E-state index contributed by atoms with van der Waals surface area (Å²) < 4.78 is 16.1. The zero-order chi connectivity index (χ0) is 19.5. The Labute approximate surface area is 172 Å². The Bertz CT molecular complexity index is 961. The molecule has 0 aliphatic carbocycles. The van der Waals surface area contributed by atoms with E-state index in [2.05, 4.69) is 17.1 Å². The van der Waals surface area contributed by atoms with Crippen LogP contribution in [0.2, 0.25) is 5.15 Å². The first kappa shape index (κ1) is 19.0. The highest BCUT2D eigenvalue weighted by molar-refractivity contribution is 7.99. The normalized spacial score (nSPS) is 16.5. The van der Waals surface area contributed by atoms with E-state index in [4.69, 9.17) is 25.8 Å². The molecule has 2 aliphatic heterocycles. The standard InChI is InChI=1S/C20H16ClN3O3S/c21-19-16(5-22)18(13-1-3-14(4-2-13)27-15-9-26-10-15)17(6-23)20(24-19)28-11-12-7-25-8-12/h1-4,12,15H,7-11H2. The topological polar surface area (TPSA) is 88.2 Å². The minimum Gasteiger partial charge on any atom is -0.486 e. The molecule has 1 aromatic heterocycles. The van der Waals surface area contributed by atoms with E-state index in [0.29, 0.717) is 41.0 Å². The second-order valence-corrected chi connectivity index (χ2v) is 7.94. The molecule has 4 rings (SSSR count). The van der Waals surface area contributed by atoms with Gasteiger partial charge in [0.2, 0.25) is 0 Å². The number of rotatable bonds is 6. The van der Waals surface area contributed by atoms with Gasteiger partial charge in [0, 0.05) is 17.2 Å². The second-order valence-electron chi connectivity index (χ2n) is 6.57. The highest BCUT2D eigenvalue weighted by Gasteiger charge is 2.24. The highest BCUT2D eigenvalue weighted by Crippen LogP contribution is 2.37. The number of thioether (sulfide) groups is 1. The lowest BCUT2D eigenvalue weighted by Crippen LogP contribution is -2.38. The molecule has 2 saturated heterocycles. The Balaban J connectivity index is 1.68. The van der Waals surface area contributed by atoms with E-state index in [-0.39, 0.29) is 16.8 Å².